The van der Waals surface area contributed by atoms with E-state index in [0.29, 0.717) is 24.0 Å². The van der Waals surface area contributed by atoms with E-state index in [1.54, 1.807) is 26.3 Å². The molecule has 1 atom stereocenters. The van der Waals surface area contributed by atoms with E-state index in [1.165, 1.54) is 6.07 Å². The van der Waals surface area contributed by atoms with Gasteiger partial charge in [0.05, 0.1) is 12.8 Å². The fourth-order valence-electron chi connectivity index (χ4n) is 3.39. The number of guanidine groups is 1. The number of para-hydroxylation sites is 2. The molecule has 0 aliphatic carbocycles. The van der Waals surface area contributed by atoms with E-state index in [4.69, 9.17) is 4.74 Å². The lowest BCUT2D eigenvalue weighted by atomic mass is 10.1. The molecule has 28 heavy (non-hydrogen) atoms. The van der Waals surface area contributed by atoms with Crippen LogP contribution in [0.25, 0.3) is 0 Å². The molecule has 0 bridgehead atoms. The van der Waals surface area contributed by atoms with Crippen LogP contribution >= 0.6 is 24.0 Å². The second-order valence-corrected chi connectivity index (χ2v) is 6.67. The summed E-state index contributed by atoms with van der Waals surface area (Å²) >= 11 is 0. The maximum Gasteiger partial charge on any atom is 0.191 e. The average Bonchev–Trinajstić information content (AvgIpc) is 3.18. The highest BCUT2D eigenvalue weighted by atomic mass is 127. The monoisotopic (exact) mass is 498 g/mol. The number of nitrogens with one attached hydrogen (secondary N) is 2. The van der Waals surface area contributed by atoms with Gasteiger partial charge in [-0.15, -0.1) is 24.0 Å². The zero-order valence-electron chi connectivity index (χ0n) is 16.3. The molecule has 1 saturated heterocycles. The lowest BCUT2D eigenvalue weighted by molar-refractivity contribution is 0.414. The van der Waals surface area contributed by atoms with Gasteiger partial charge in [-0.3, -0.25) is 4.99 Å². The van der Waals surface area contributed by atoms with Crippen LogP contribution in [0.4, 0.5) is 10.1 Å². The summed E-state index contributed by atoms with van der Waals surface area (Å²) in [5, 5.41) is 6.54. The molecule has 2 aromatic rings. The molecule has 2 N–H and O–H groups in total. The van der Waals surface area contributed by atoms with Gasteiger partial charge in [0.15, 0.2) is 5.96 Å². The van der Waals surface area contributed by atoms with E-state index in [0.717, 1.165) is 37.5 Å². The van der Waals surface area contributed by atoms with Crippen LogP contribution in [0.15, 0.2) is 53.5 Å². The number of hydrogen-bond donors (Lipinski definition) is 2. The van der Waals surface area contributed by atoms with Crippen LogP contribution in [0.1, 0.15) is 12.0 Å². The largest absolute Gasteiger partial charge is 0.495 e. The van der Waals surface area contributed by atoms with Crippen molar-refractivity contribution in [2.45, 2.75) is 13.0 Å². The van der Waals surface area contributed by atoms with Crippen LogP contribution in [0.2, 0.25) is 0 Å². The second kappa shape index (κ2) is 11.1. The molecule has 1 heterocycles. The highest BCUT2D eigenvalue weighted by Gasteiger charge is 2.24. The standard InChI is InChI=1S/C21H27FN4O.HI/c1-23-21(25-14-17-7-3-4-8-18(17)22)24-13-16-11-12-26(15-16)19-9-5-6-10-20(19)27-2;/h3-10,16H,11-15H2,1-2H3,(H2,23,24,25);1H. The fourth-order valence-corrected chi connectivity index (χ4v) is 3.39. The van der Waals surface area contributed by atoms with Crippen molar-refractivity contribution in [3.63, 3.8) is 0 Å². The number of aliphatic imine (C=N–C) groups is 1. The zero-order chi connectivity index (χ0) is 19.1. The Labute approximate surface area is 183 Å². The number of hydrogen-bond acceptors (Lipinski definition) is 3. The highest BCUT2D eigenvalue weighted by Crippen LogP contribution is 2.31. The predicted molar refractivity (Wildman–Crippen MR) is 123 cm³/mol. The second-order valence-electron chi connectivity index (χ2n) is 6.67. The molecular weight excluding hydrogens is 470 g/mol. The van der Waals surface area contributed by atoms with Crippen molar-refractivity contribution >= 4 is 35.6 Å². The van der Waals surface area contributed by atoms with Gasteiger partial charge >= 0.3 is 0 Å². The van der Waals surface area contributed by atoms with Gasteiger partial charge in [-0.1, -0.05) is 30.3 Å². The normalized spacial score (nSPS) is 16.5. The summed E-state index contributed by atoms with van der Waals surface area (Å²) < 4.78 is 19.2. The van der Waals surface area contributed by atoms with Gasteiger partial charge in [0.25, 0.3) is 0 Å². The summed E-state index contributed by atoms with van der Waals surface area (Å²) in [4.78, 5) is 6.60. The predicted octanol–water partition coefficient (Wildman–Crippen LogP) is 3.64. The first kappa shape index (κ1) is 22.3. The Hall–Kier alpha value is -2.03. The van der Waals surface area contributed by atoms with E-state index in [9.17, 15) is 4.39 Å². The Balaban J connectivity index is 0.00000280. The van der Waals surface area contributed by atoms with Crippen molar-refractivity contribution in [2.75, 3.05) is 38.7 Å². The maximum absolute atomic E-state index is 13.7. The van der Waals surface area contributed by atoms with Crippen molar-refractivity contribution in [1.29, 1.82) is 0 Å². The van der Waals surface area contributed by atoms with E-state index in [2.05, 4.69) is 26.6 Å². The number of methoxy groups -OCH3 is 1. The molecule has 1 aliphatic heterocycles. The van der Waals surface area contributed by atoms with Gasteiger partial charge in [0.2, 0.25) is 0 Å². The number of ether oxygens (including phenoxy) is 1. The first-order valence-electron chi connectivity index (χ1n) is 9.27. The Bertz CT molecular complexity index is 787. The molecule has 152 valence electrons. The summed E-state index contributed by atoms with van der Waals surface area (Å²) in [6, 6.07) is 14.9. The van der Waals surface area contributed by atoms with Gasteiger partial charge in [0.1, 0.15) is 11.6 Å². The molecule has 7 heteroatoms. The molecule has 3 rings (SSSR count). The number of halogens is 2. The van der Waals surface area contributed by atoms with Crippen molar-refractivity contribution in [1.82, 2.24) is 10.6 Å². The minimum Gasteiger partial charge on any atom is -0.495 e. The van der Waals surface area contributed by atoms with Crippen LogP contribution in [0, 0.1) is 11.7 Å². The molecule has 2 aromatic carbocycles. The minimum atomic E-state index is -0.205. The first-order chi connectivity index (χ1) is 13.2. The van der Waals surface area contributed by atoms with Crippen molar-refractivity contribution in [2.24, 2.45) is 10.9 Å². The third kappa shape index (κ3) is 5.73. The molecule has 1 unspecified atom stereocenters. The number of rotatable bonds is 6. The van der Waals surface area contributed by atoms with Crippen LogP contribution < -0.4 is 20.3 Å². The third-order valence-electron chi connectivity index (χ3n) is 4.90. The molecule has 0 spiro atoms. The van der Waals surface area contributed by atoms with Gasteiger partial charge in [-0.25, -0.2) is 4.39 Å². The minimum absolute atomic E-state index is 0. The quantitative estimate of drug-likeness (QED) is 0.363. The smallest absolute Gasteiger partial charge is 0.191 e. The molecule has 0 saturated carbocycles. The van der Waals surface area contributed by atoms with E-state index in [-0.39, 0.29) is 29.8 Å². The van der Waals surface area contributed by atoms with Crippen molar-refractivity contribution in [3.8, 4) is 5.75 Å². The summed E-state index contributed by atoms with van der Waals surface area (Å²) in [5.41, 5.74) is 1.77. The molecule has 0 aromatic heterocycles. The molecule has 0 amide bonds. The summed E-state index contributed by atoms with van der Waals surface area (Å²) in [5.74, 6) is 1.91. The highest BCUT2D eigenvalue weighted by molar-refractivity contribution is 14.0. The topological polar surface area (TPSA) is 48.9 Å². The maximum atomic E-state index is 13.7. The summed E-state index contributed by atoms with van der Waals surface area (Å²) in [6.45, 7) is 3.21. The SMILES string of the molecule is CN=C(NCc1ccccc1F)NCC1CCN(c2ccccc2OC)C1.I. The molecule has 5 nitrogen and oxygen atoms in total. The molecule has 1 fully saturated rings. The van der Waals surface area contributed by atoms with Crippen LogP contribution in [0.5, 0.6) is 5.75 Å². The Kier molecular flexibility index (Phi) is 8.82. The number of benzene rings is 2. The Morgan fingerprint density at radius 1 is 1.18 bits per heavy atom. The molecular formula is C21H28FIN4O. The number of nitrogens with zero attached hydrogens (tertiary/aromatic N) is 2. The summed E-state index contributed by atoms with van der Waals surface area (Å²) in [7, 11) is 3.44. The third-order valence-corrected chi connectivity index (χ3v) is 4.90. The van der Waals surface area contributed by atoms with Gasteiger partial charge < -0.3 is 20.3 Å². The lowest BCUT2D eigenvalue weighted by Crippen LogP contribution is -2.40. The van der Waals surface area contributed by atoms with Gasteiger partial charge in [-0.05, 0) is 30.5 Å². The van der Waals surface area contributed by atoms with Gasteiger partial charge in [0, 0.05) is 38.8 Å². The average molecular weight is 498 g/mol. The van der Waals surface area contributed by atoms with E-state index >= 15 is 0 Å². The Morgan fingerprint density at radius 2 is 1.93 bits per heavy atom. The first-order valence-corrected chi connectivity index (χ1v) is 9.27. The van der Waals surface area contributed by atoms with E-state index in [1.807, 2.05) is 24.3 Å². The fraction of sp³-hybridized carbons (Fsp3) is 0.381. The molecule has 0 radical (unpaired) electrons. The number of anilines is 1. The lowest BCUT2D eigenvalue weighted by Gasteiger charge is -2.21. The molecule has 1 aliphatic rings. The van der Waals surface area contributed by atoms with E-state index < -0.39 is 0 Å². The van der Waals surface area contributed by atoms with Crippen LogP contribution in [0.3, 0.4) is 0 Å². The van der Waals surface area contributed by atoms with Gasteiger partial charge in [-0.2, -0.15) is 0 Å². The van der Waals surface area contributed by atoms with Crippen LogP contribution in [-0.4, -0.2) is 39.8 Å². The summed E-state index contributed by atoms with van der Waals surface area (Å²) in [6.07, 6.45) is 1.11. The van der Waals surface area contributed by atoms with Crippen LogP contribution in [-0.2, 0) is 6.54 Å². The Morgan fingerprint density at radius 3 is 2.68 bits per heavy atom. The zero-order valence-corrected chi connectivity index (χ0v) is 18.7. The van der Waals surface area contributed by atoms with Crippen molar-refractivity contribution < 1.29 is 9.13 Å². The van der Waals surface area contributed by atoms with Crippen molar-refractivity contribution in [3.05, 3.63) is 59.9 Å².